The quantitative estimate of drug-likeness (QED) is 0.832. The lowest BCUT2D eigenvalue weighted by Crippen LogP contribution is -2.58. The van der Waals surface area contributed by atoms with E-state index in [2.05, 4.69) is 4.98 Å². The molecule has 2 aliphatic rings. The monoisotopic (exact) mass is 337 g/mol. The number of ether oxygens (including phenoxy) is 1. The van der Waals surface area contributed by atoms with Gasteiger partial charge in [-0.05, 0) is 26.7 Å². The van der Waals surface area contributed by atoms with Crippen LogP contribution in [0.2, 0.25) is 0 Å². The topological polar surface area (TPSA) is 62.7 Å². The van der Waals surface area contributed by atoms with Crippen LogP contribution in [0.3, 0.4) is 0 Å². The molecule has 0 saturated carbocycles. The van der Waals surface area contributed by atoms with Gasteiger partial charge in [0.05, 0.1) is 30.3 Å². The fraction of sp³-hybridized carbons (Fsp3) is 0.688. The van der Waals surface area contributed by atoms with Crippen molar-refractivity contribution in [3.63, 3.8) is 0 Å². The molecule has 23 heavy (non-hydrogen) atoms. The Bertz CT molecular complexity index is 597. The van der Waals surface area contributed by atoms with E-state index in [1.54, 1.807) is 16.2 Å². The zero-order chi connectivity index (χ0) is 16.4. The summed E-state index contributed by atoms with van der Waals surface area (Å²) < 4.78 is 5.32. The van der Waals surface area contributed by atoms with Crippen LogP contribution in [0.4, 0.5) is 0 Å². The largest absolute Gasteiger partial charge is 0.378 e. The second-order valence-electron chi connectivity index (χ2n) is 6.36. The molecule has 126 valence electrons. The molecule has 2 fully saturated rings. The summed E-state index contributed by atoms with van der Waals surface area (Å²) in [7, 11) is 0. The van der Waals surface area contributed by atoms with Crippen LogP contribution in [0.15, 0.2) is 5.38 Å². The lowest BCUT2D eigenvalue weighted by molar-refractivity contribution is -0.153. The Morgan fingerprint density at radius 1 is 1.35 bits per heavy atom. The number of amides is 2. The van der Waals surface area contributed by atoms with E-state index in [0.29, 0.717) is 32.8 Å². The summed E-state index contributed by atoms with van der Waals surface area (Å²) in [6, 6.07) is 0. The van der Waals surface area contributed by atoms with Gasteiger partial charge in [0.2, 0.25) is 11.8 Å². The van der Waals surface area contributed by atoms with Gasteiger partial charge in [0.15, 0.2) is 0 Å². The van der Waals surface area contributed by atoms with E-state index < -0.39 is 5.54 Å². The highest BCUT2D eigenvalue weighted by atomic mass is 32.1. The molecular formula is C16H23N3O3S. The summed E-state index contributed by atoms with van der Waals surface area (Å²) in [5.74, 6) is 0.0537. The van der Waals surface area contributed by atoms with Crippen LogP contribution in [0.25, 0.3) is 0 Å². The lowest BCUT2D eigenvalue weighted by atomic mass is 9.96. The Morgan fingerprint density at radius 3 is 2.74 bits per heavy atom. The Balaban J connectivity index is 1.72. The fourth-order valence-electron chi connectivity index (χ4n) is 3.43. The molecule has 0 N–H and O–H groups in total. The molecule has 3 heterocycles. The molecule has 0 radical (unpaired) electrons. The Hall–Kier alpha value is -1.47. The first-order valence-corrected chi connectivity index (χ1v) is 8.97. The number of aryl methyl sites for hydroxylation is 1. The van der Waals surface area contributed by atoms with Crippen LogP contribution in [-0.4, -0.2) is 65.0 Å². The van der Waals surface area contributed by atoms with Crippen molar-refractivity contribution in [2.24, 2.45) is 0 Å². The zero-order valence-electron chi connectivity index (χ0n) is 13.7. The molecule has 2 amide bonds. The summed E-state index contributed by atoms with van der Waals surface area (Å²) in [5.41, 5.74) is 0.0741. The van der Waals surface area contributed by atoms with Crippen molar-refractivity contribution in [2.45, 2.75) is 38.6 Å². The summed E-state index contributed by atoms with van der Waals surface area (Å²) in [4.78, 5) is 33.6. The SMILES string of the molecule is Cc1nc(CC(=O)N2CCC[C@@]2(C)C(=O)N2CCOCC2)cs1. The van der Waals surface area contributed by atoms with Crippen LogP contribution in [0.5, 0.6) is 0 Å². The summed E-state index contributed by atoms with van der Waals surface area (Å²) >= 11 is 1.55. The molecule has 3 rings (SSSR count). The lowest BCUT2D eigenvalue weighted by Gasteiger charge is -2.39. The number of likely N-dealkylation sites (tertiary alicyclic amines) is 1. The standard InChI is InChI=1S/C16H23N3O3S/c1-12-17-13(11-23-12)10-14(20)19-5-3-4-16(19,2)15(21)18-6-8-22-9-7-18/h11H,3-10H2,1-2H3/t16-/m0/s1. The molecule has 1 aromatic heterocycles. The van der Waals surface area contributed by atoms with E-state index in [-0.39, 0.29) is 18.2 Å². The van der Waals surface area contributed by atoms with E-state index in [0.717, 1.165) is 23.5 Å². The predicted molar refractivity (Wildman–Crippen MR) is 87.3 cm³/mol. The summed E-state index contributed by atoms with van der Waals surface area (Å²) in [6.07, 6.45) is 1.87. The fourth-order valence-corrected chi connectivity index (χ4v) is 4.04. The number of hydrogen-bond donors (Lipinski definition) is 0. The van der Waals surface area contributed by atoms with E-state index in [1.807, 2.05) is 24.1 Å². The van der Waals surface area contributed by atoms with Gasteiger partial charge in [-0.15, -0.1) is 11.3 Å². The number of carbonyl (C=O) groups excluding carboxylic acids is 2. The highest BCUT2D eigenvalue weighted by Crippen LogP contribution is 2.32. The van der Waals surface area contributed by atoms with Crippen molar-refractivity contribution in [1.82, 2.24) is 14.8 Å². The van der Waals surface area contributed by atoms with Gasteiger partial charge in [-0.3, -0.25) is 9.59 Å². The van der Waals surface area contributed by atoms with Gasteiger partial charge >= 0.3 is 0 Å². The number of rotatable bonds is 3. The smallest absolute Gasteiger partial charge is 0.248 e. The van der Waals surface area contributed by atoms with Crippen LogP contribution in [-0.2, 0) is 20.7 Å². The van der Waals surface area contributed by atoms with Crippen molar-refractivity contribution < 1.29 is 14.3 Å². The number of aromatic nitrogens is 1. The van der Waals surface area contributed by atoms with Crippen molar-refractivity contribution in [3.05, 3.63) is 16.1 Å². The van der Waals surface area contributed by atoms with E-state index in [1.165, 1.54) is 0 Å². The second-order valence-corrected chi connectivity index (χ2v) is 7.42. The summed E-state index contributed by atoms with van der Waals surface area (Å²) in [5, 5.41) is 2.88. The van der Waals surface area contributed by atoms with Crippen LogP contribution in [0.1, 0.15) is 30.5 Å². The molecule has 0 unspecified atom stereocenters. The van der Waals surface area contributed by atoms with Gasteiger partial charge < -0.3 is 14.5 Å². The molecule has 2 saturated heterocycles. The molecular weight excluding hydrogens is 314 g/mol. The van der Waals surface area contributed by atoms with Gasteiger partial charge in [0.1, 0.15) is 5.54 Å². The van der Waals surface area contributed by atoms with Gasteiger partial charge in [0, 0.05) is 25.0 Å². The molecule has 1 aromatic rings. The highest BCUT2D eigenvalue weighted by Gasteiger charge is 2.47. The number of hydrogen-bond acceptors (Lipinski definition) is 5. The molecule has 1 atom stereocenters. The Labute approximate surface area is 140 Å². The predicted octanol–water partition coefficient (Wildman–Crippen LogP) is 1.23. The third-order valence-corrected chi connectivity index (χ3v) is 5.52. The Morgan fingerprint density at radius 2 is 2.09 bits per heavy atom. The van der Waals surface area contributed by atoms with Gasteiger partial charge in [-0.25, -0.2) is 4.98 Å². The minimum absolute atomic E-state index is 0.00286. The molecule has 0 spiro atoms. The first-order valence-electron chi connectivity index (χ1n) is 8.09. The van der Waals surface area contributed by atoms with E-state index >= 15 is 0 Å². The van der Waals surface area contributed by atoms with Gasteiger partial charge in [-0.1, -0.05) is 0 Å². The van der Waals surface area contributed by atoms with Gasteiger partial charge in [-0.2, -0.15) is 0 Å². The van der Waals surface area contributed by atoms with Crippen molar-refractivity contribution in [3.8, 4) is 0 Å². The number of thiazole rings is 1. The minimum atomic E-state index is -0.723. The maximum Gasteiger partial charge on any atom is 0.248 e. The first kappa shape index (κ1) is 16.4. The third-order valence-electron chi connectivity index (χ3n) is 4.70. The van der Waals surface area contributed by atoms with Crippen molar-refractivity contribution >= 4 is 23.2 Å². The molecule has 6 nitrogen and oxygen atoms in total. The molecule has 0 aliphatic carbocycles. The van der Waals surface area contributed by atoms with Gasteiger partial charge in [0.25, 0.3) is 0 Å². The van der Waals surface area contributed by atoms with E-state index in [9.17, 15) is 9.59 Å². The normalized spacial score (nSPS) is 25.0. The number of morpholine rings is 1. The van der Waals surface area contributed by atoms with E-state index in [4.69, 9.17) is 4.74 Å². The van der Waals surface area contributed by atoms with Crippen molar-refractivity contribution in [2.75, 3.05) is 32.8 Å². The molecule has 0 bridgehead atoms. The van der Waals surface area contributed by atoms with Crippen molar-refractivity contribution in [1.29, 1.82) is 0 Å². The van der Waals surface area contributed by atoms with Crippen LogP contribution < -0.4 is 0 Å². The third kappa shape index (κ3) is 3.26. The maximum absolute atomic E-state index is 13.0. The summed E-state index contributed by atoms with van der Waals surface area (Å²) in [6.45, 7) is 6.86. The average molecular weight is 337 g/mol. The first-order chi connectivity index (χ1) is 11.0. The minimum Gasteiger partial charge on any atom is -0.378 e. The highest BCUT2D eigenvalue weighted by molar-refractivity contribution is 7.09. The van der Waals surface area contributed by atoms with Crippen LogP contribution >= 0.6 is 11.3 Å². The zero-order valence-corrected chi connectivity index (χ0v) is 14.5. The molecule has 7 heteroatoms. The number of carbonyl (C=O) groups is 2. The molecule has 2 aliphatic heterocycles. The number of nitrogens with zero attached hydrogens (tertiary/aromatic N) is 3. The maximum atomic E-state index is 13.0. The second kappa shape index (κ2) is 6.57. The van der Waals surface area contributed by atoms with Crippen LogP contribution in [0, 0.1) is 6.92 Å². The molecule has 0 aromatic carbocycles. The Kier molecular flexibility index (Phi) is 4.68. The average Bonchev–Trinajstić information content (AvgIpc) is 3.14.